The molecular weight excluding hydrogens is 1870 g/mol. The third-order valence-corrected chi connectivity index (χ3v) is 25.4. The van der Waals surface area contributed by atoms with E-state index in [-0.39, 0.29) is 286 Å². The first-order valence-corrected chi connectivity index (χ1v) is 49.0. The van der Waals surface area contributed by atoms with Gasteiger partial charge in [-0.3, -0.25) is 115 Å². The summed E-state index contributed by atoms with van der Waals surface area (Å²) in [5.74, 6) is -15.5. The Hall–Kier alpha value is -14.4. The number of carbonyl (C=O) groups is 16. The van der Waals surface area contributed by atoms with Gasteiger partial charge in [0.15, 0.2) is 47.7 Å². The first-order chi connectivity index (χ1) is 67.9. The Morgan fingerprint density at radius 3 is 0.811 bits per heavy atom. The molecule has 44 N–H and O–H groups in total. The molecule has 57 heteroatoms. The standard InChI is InChI=1S/C86H154N40O17/c1-47(2)45-56(76(140)124-42-14-27-59(124)70(134)117-52(21-7-35-108-83(96)97)73(137)122-40-12-26-58(122)69(133)116-53(22-8-36-109-84(98)99)74(138)123-41-13-28-60(123)71(135)119-55(78(142)143)24-10-38-111-86(102)103)120-66(130)50(19-5-33-106-81(92)93)115-67(131)61-29-15-43-125(61)77(141)62-30-16-44-126(62)75(139)54(23-9-37-110-85(100)101)118-68(132)57-25-11-39-121(57)72(136)51(20-6-34-107-82(94)95)113-63(127)46-112-65(129)49(18-4-32-105-80(90)91)114-64(128)48(87)17-3-31-104-79(88)89/h47-62H,3-46,87H2,1-2H3,(H,112,129)(H,113,127)(H,114,128)(H,115,131)(H,116,133)(H,117,134)(H,118,132)(H,119,135)(H,120,130)(H,142,143)(H4,88,89,104)(H4,90,91,105)(H4,92,93,106)(H4,94,95,107)(H4,96,97,108)(H4,98,99,109)(H4,100,101,110)(H4,102,103,111)/t48-,49-,50-,51-,52-,53-,54-,55-,56-,57-,58-,59-,60-,61-,62-/m0/s1. The maximum Gasteiger partial charge on any atom is 0.326 e. The third kappa shape index (κ3) is 39.2. The van der Waals surface area contributed by atoms with E-state index in [1.807, 2.05) is 0 Å². The maximum atomic E-state index is 15.3. The zero-order valence-electron chi connectivity index (χ0n) is 81.7. The van der Waals surface area contributed by atoms with Crippen molar-refractivity contribution in [1.82, 2.24) is 120 Å². The number of aliphatic carboxylic acids is 1. The van der Waals surface area contributed by atoms with Crippen LogP contribution in [-0.2, 0) is 76.7 Å². The summed E-state index contributed by atoms with van der Waals surface area (Å²) in [6.45, 7) is 3.95. The normalized spacial score (nSPS) is 19.3. The molecule has 0 aliphatic carbocycles. The number of amides is 15. The quantitative estimate of drug-likeness (QED) is 0.0153. The highest BCUT2D eigenvalue weighted by Gasteiger charge is 2.49. The molecule has 15 amide bonds. The number of likely N-dealkylation sites (tertiary alicyclic amines) is 6. The Labute approximate surface area is 830 Å². The molecule has 6 aliphatic heterocycles. The molecule has 6 saturated heterocycles. The minimum absolute atomic E-state index is 0.000247. The fraction of sp³-hybridized carbons (Fsp3) is 0.721. The largest absolute Gasteiger partial charge is 0.480 e. The molecule has 143 heavy (non-hydrogen) atoms. The number of hydrogen-bond acceptors (Lipinski definition) is 25. The minimum Gasteiger partial charge on any atom is -0.480 e. The second-order valence-corrected chi connectivity index (χ2v) is 36.8. The molecule has 0 aromatic rings. The van der Waals surface area contributed by atoms with Gasteiger partial charge in [-0.1, -0.05) is 13.8 Å². The van der Waals surface area contributed by atoms with Gasteiger partial charge in [0, 0.05) is 91.6 Å². The molecule has 0 aromatic carbocycles. The van der Waals surface area contributed by atoms with Gasteiger partial charge < -0.3 is 176 Å². The van der Waals surface area contributed by atoms with Gasteiger partial charge in [-0.05, 0) is 192 Å². The Bertz CT molecular complexity index is 4470. The average Bonchev–Trinajstić information content (AvgIpc) is 1.64. The molecule has 0 spiro atoms. The molecule has 6 heterocycles. The van der Waals surface area contributed by atoms with Gasteiger partial charge in [-0.2, -0.15) is 0 Å². The second kappa shape index (κ2) is 60.0. The maximum absolute atomic E-state index is 15.3. The molecule has 6 rings (SSSR count). The van der Waals surface area contributed by atoms with Crippen LogP contribution in [0.2, 0.25) is 0 Å². The van der Waals surface area contributed by atoms with Crippen molar-refractivity contribution in [3.05, 3.63) is 0 Å². The number of carbonyl (C=O) groups excluding carboxylic acids is 15. The molecule has 0 radical (unpaired) electrons. The topological polar surface area (TPSA) is 942 Å². The number of hydrogen-bond donors (Lipinski definition) is 35. The fourth-order valence-electron chi connectivity index (χ4n) is 18.3. The summed E-state index contributed by atoms with van der Waals surface area (Å²) in [6.07, 6.45) is 3.70. The fourth-order valence-corrected chi connectivity index (χ4v) is 18.3. The summed E-state index contributed by atoms with van der Waals surface area (Å²) < 4.78 is 0. The molecule has 0 aromatic heterocycles. The lowest BCUT2D eigenvalue weighted by Crippen LogP contribution is -2.60. The van der Waals surface area contributed by atoms with Crippen molar-refractivity contribution in [2.24, 2.45) is 57.5 Å². The van der Waals surface area contributed by atoms with Crippen LogP contribution in [0.4, 0.5) is 0 Å². The van der Waals surface area contributed by atoms with Crippen molar-refractivity contribution in [2.75, 3.05) is 98.2 Å². The first kappa shape index (κ1) is 117. The number of carboxylic acids is 1. The highest BCUT2D eigenvalue weighted by atomic mass is 16.4. The van der Waals surface area contributed by atoms with Crippen molar-refractivity contribution in [1.29, 1.82) is 43.3 Å². The van der Waals surface area contributed by atoms with Gasteiger partial charge in [-0.25, -0.2) is 4.79 Å². The van der Waals surface area contributed by atoms with E-state index in [2.05, 4.69) is 90.4 Å². The van der Waals surface area contributed by atoms with Gasteiger partial charge in [0.2, 0.25) is 88.6 Å². The van der Waals surface area contributed by atoms with E-state index in [1.165, 1.54) is 29.4 Å². The molecule has 0 bridgehead atoms. The van der Waals surface area contributed by atoms with Crippen molar-refractivity contribution in [3.8, 4) is 0 Å². The predicted octanol–water partition coefficient (Wildman–Crippen LogP) is -10.5. The van der Waals surface area contributed by atoms with Crippen LogP contribution in [0.15, 0.2) is 0 Å². The van der Waals surface area contributed by atoms with E-state index in [4.69, 9.17) is 94.9 Å². The van der Waals surface area contributed by atoms with Gasteiger partial charge >= 0.3 is 5.97 Å². The predicted molar refractivity (Wildman–Crippen MR) is 525 cm³/mol. The van der Waals surface area contributed by atoms with Crippen LogP contribution in [0.1, 0.15) is 200 Å². The van der Waals surface area contributed by atoms with Crippen molar-refractivity contribution < 1.29 is 81.8 Å². The Morgan fingerprint density at radius 1 is 0.280 bits per heavy atom. The molecule has 15 atom stereocenters. The van der Waals surface area contributed by atoms with Gasteiger partial charge in [0.05, 0.1) is 12.6 Å². The van der Waals surface area contributed by atoms with Crippen LogP contribution < -0.4 is 142 Å². The molecular formula is C86H154N40O17. The van der Waals surface area contributed by atoms with E-state index in [9.17, 15) is 57.8 Å². The average molecular weight is 2020 g/mol. The van der Waals surface area contributed by atoms with Crippen LogP contribution in [0.25, 0.3) is 0 Å². The van der Waals surface area contributed by atoms with Crippen molar-refractivity contribution in [3.63, 3.8) is 0 Å². The van der Waals surface area contributed by atoms with E-state index in [0.29, 0.717) is 44.9 Å². The molecule has 800 valence electrons. The van der Waals surface area contributed by atoms with E-state index in [0.717, 1.165) is 0 Å². The Kier molecular flexibility index (Phi) is 49.3. The summed E-state index contributed by atoms with van der Waals surface area (Å²) >= 11 is 0. The molecule has 0 saturated carbocycles. The lowest BCUT2D eigenvalue weighted by Gasteiger charge is -2.34. The summed E-state index contributed by atoms with van der Waals surface area (Å²) in [5.41, 5.74) is 50.3. The number of nitrogens with two attached hydrogens (primary N) is 9. The molecule has 0 unspecified atom stereocenters. The van der Waals surface area contributed by atoms with Crippen molar-refractivity contribution in [2.45, 2.75) is 291 Å². The van der Waals surface area contributed by atoms with Crippen LogP contribution in [0.3, 0.4) is 0 Å². The summed E-state index contributed by atoms with van der Waals surface area (Å²) in [7, 11) is 0. The Balaban J connectivity index is 1.17. The van der Waals surface area contributed by atoms with Crippen molar-refractivity contribution >= 4 is 142 Å². The van der Waals surface area contributed by atoms with Gasteiger partial charge in [-0.15, -0.1) is 0 Å². The van der Waals surface area contributed by atoms with Gasteiger partial charge in [0.25, 0.3) is 0 Å². The van der Waals surface area contributed by atoms with E-state index in [1.54, 1.807) is 13.8 Å². The molecule has 6 aliphatic rings. The van der Waals surface area contributed by atoms with E-state index >= 15 is 24.0 Å². The zero-order valence-corrected chi connectivity index (χ0v) is 81.7. The summed E-state index contributed by atoms with van der Waals surface area (Å²) in [5, 5.41) is 117. The van der Waals surface area contributed by atoms with E-state index < -0.39 is 192 Å². The first-order valence-electron chi connectivity index (χ1n) is 49.0. The number of nitrogens with one attached hydrogen (secondary N) is 25. The van der Waals surface area contributed by atoms with Crippen LogP contribution in [-0.4, -0.2) is 366 Å². The number of carboxylic acid groups (broad SMARTS) is 1. The lowest BCUT2D eigenvalue weighted by atomic mass is 10.0. The smallest absolute Gasteiger partial charge is 0.326 e. The molecule has 57 nitrogen and oxygen atoms in total. The third-order valence-electron chi connectivity index (χ3n) is 25.4. The summed E-state index contributed by atoms with van der Waals surface area (Å²) in [6, 6.07) is -19.0. The summed E-state index contributed by atoms with van der Waals surface area (Å²) in [4.78, 5) is 240. The lowest BCUT2D eigenvalue weighted by molar-refractivity contribution is -0.148. The SMILES string of the molecule is CC(C)C[C@H](NC(=O)[C@H](CCCNC(=N)N)NC(=O)[C@@H]1CCCN1C(=O)[C@@H]1CCCN1C(=O)[C@H](CCCNC(=N)N)NC(=O)[C@@H]1CCCN1C(=O)[C@H](CCCNC(=N)N)NC(=O)CNC(=O)[C@H](CCCNC(=N)N)NC(=O)[C@@H](N)CCCNC(=N)N)C(=O)N1CCC[C@H]1C(=O)N[C@@H](CCCNC(=N)N)C(=O)N1CCC[C@H]1C(=O)N[C@@H](CCCNC(=N)N)C(=O)N1CCC[C@H]1C(=O)N[C@@H](CCCNC(=N)N)C(=O)O. The number of rotatable bonds is 59. The Morgan fingerprint density at radius 2 is 0.510 bits per heavy atom. The van der Waals surface area contributed by atoms with Gasteiger partial charge in [0.1, 0.15) is 84.6 Å². The van der Waals surface area contributed by atoms with Crippen LogP contribution in [0.5, 0.6) is 0 Å². The van der Waals surface area contributed by atoms with Crippen LogP contribution in [0, 0.1) is 49.2 Å². The second-order valence-electron chi connectivity index (χ2n) is 36.8. The number of nitrogens with zero attached hydrogens (tertiary/aromatic N) is 6. The van der Waals surface area contributed by atoms with Crippen LogP contribution >= 0.6 is 0 Å². The zero-order chi connectivity index (χ0) is 106. The highest BCUT2D eigenvalue weighted by molar-refractivity contribution is 6.02. The minimum atomic E-state index is -1.42. The molecule has 6 fully saturated rings. The highest BCUT2D eigenvalue weighted by Crippen LogP contribution is 2.30. The number of guanidine groups is 8. The monoisotopic (exact) mass is 2020 g/mol.